The third kappa shape index (κ3) is 5.17. The van der Waals surface area contributed by atoms with E-state index in [0.717, 1.165) is 48.0 Å². The van der Waals surface area contributed by atoms with Crippen molar-refractivity contribution in [3.8, 4) is 17.1 Å². The minimum Gasteiger partial charge on any atom is -0.474 e. The van der Waals surface area contributed by atoms with Crippen molar-refractivity contribution in [3.05, 3.63) is 66.9 Å². The number of anilines is 1. The zero-order chi connectivity index (χ0) is 24.4. The van der Waals surface area contributed by atoms with Gasteiger partial charge < -0.3 is 19.5 Å². The normalized spacial score (nSPS) is 15.0. The largest absolute Gasteiger partial charge is 0.474 e. The fourth-order valence-corrected chi connectivity index (χ4v) is 4.49. The number of likely N-dealkylation sites (tertiary alicyclic amines) is 1. The summed E-state index contributed by atoms with van der Waals surface area (Å²) in [6, 6.07) is 12.0. The molecule has 8 nitrogen and oxygen atoms in total. The average molecular weight is 471 g/mol. The zero-order valence-electron chi connectivity index (χ0n) is 20.3. The number of rotatable bonds is 6. The Morgan fingerprint density at radius 1 is 1.06 bits per heavy atom. The van der Waals surface area contributed by atoms with E-state index in [2.05, 4.69) is 45.1 Å². The first-order valence-corrected chi connectivity index (χ1v) is 12.0. The van der Waals surface area contributed by atoms with E-state index in [-0.39, 0.29) is 12.0 Å². The number of nitrogens with one attached hydrogen (secondary N) is 1. The van der Waals surface area contributed by atoms with Gasteiger partial charge in [0.2, 0.25) is 5.88 Å². The maximum Gasteiger partial charge on any atom is 0.257 e. The molecule has 0 spiro atoms. The quantitative estimate of drug-likeness (QED) is 0.446. The molecule has 0 unspecified atom stereocenters. The second-order valence-corrected chi connectivity index (χ2v) is 9.31. The van der Waals surface area contributed by atoms with Gasteiger partial charge in [-0.15, -0.1) is 0 Å². The molecule has 1 amide bonds. The van der Waals surface area contributed by atoms with Crippen LogP contribution in [0.3, 0.4) is 0 Å². The summed E-state index contributed by atoms with van der Waals surface area (Å²) in [5.41, 5.74) is 2.56. The minimum atomic E-state index is -0.249. The van der Waals surface area contributed by atoms with Crippen molar-refractivity contribution in [1.29, 1.82) is 0 Å². The molecule has 1 aromatic carbocycles. The molecule has 1 fully saturated rings. The van der Waals surface area contributed by atoms with Gasteiger partial charge in [0.25, 0.3) is 5.91 Å². The second kappa shape index (κ2) is 9.84. The maximum absolute atomic E-state index is 13.0. The van der Waals surface area contributed by atoms with E-state index < -0.39 is 0 Å². The van der Waals surface area contributed by atoms with Gasteiger partial charge in [0, 0.05) is 61.2 Å². The molecule has 35 heavy (non-hydrogen) atoms. The standard InChI is InChI=1S/C27H30N6O2/c1-18(2)33-10-7-23(8-11-33)35-26-14-20(6-9-29-26)27(34)31-25-13-22-12-19(4-5-21(22)15-30-25)24-16-28-17-32(24)3/h4-6,9,12-18,23H,7-8,10-11H2,1-3H3,(H,30,31,34). The summed E-state index contributed by atoms with van der Waals surface area (Å²) in [6.45, 7) is 6.46. The van der Waals surface area contributed by atoms with Crippen LogP contribution in [0, 0.1) is 0 Å². The van der Waals surface area contributed by atoms with Crippen LogP contribution >= 0.6 is 0 Å². The molecular weight excluding hydrogens is 440 g/mol. The molecule has 3 aromatic heterocycles. The van der Waals surface area contributed by atoms with Crippen molar-refractivity contribution in [2.24, 2.45) is 7.05 Å². The Hall–Kier alpha value is -3.78. The van der Waals surface area contributed by atoms with Gasteiger partial charge >= 0.3 is 0 Å². The van der Waals surface area contributed by atoms with E-state index in [0.29, 0.717) is 23.3 Å². The number of fused-ring (bicyclic) bond motifs is 1. The van der Waals surface area contributed by atoms with E-state index >= 15 is 0 Å². The summed E-state index contributed by atoms with van der Waals surface area (Å²) in [4.78, 5) is 28.3. The monoisotopic (exact) mass is 470 g/mol. The molecule has 0 radical (unpaired) electrons. The summed E-state index contributed by atoms with van der Waals surface area (Å²) in [5.74, 6) is 0.722. The number of aromatic nitrogens is 4. The number of nitrogens with zero attached hydrogens (tertiary/aromatic N) is 5. The molecule has 180 valence electrons. The molecule has 1 aliphatic heterocycles. The van der Waals surface area contributed by atoms with Gasteiger partial charge in [-0.25, -0.2) is 15.0 Å². The minimum absolute atomic E-state index is 0.117. The number of hydrogen-bond donors (Lipinski definition) is 1. The molecule has 0 atom stereocenters. The Balaban J connectivity index is 1.28. The van der Waals surface area contributed by atoms with Crippen molar-refractivity contribution in [2.75, 3.05) is 18.4 Å². The van der Waals surface area contributed by atoms with Crippen LogP contribution in [0.2, 0.25) is 0 Å². The number of piperidine rings is 1. The molecule has 0 aliphatic carbocycles. The number of ether oxygens (including phenoxy) is 1. The SMILES string of the molecule is CC(C)N1CCC(Oc2cc(C(=O)Nc3cc4cc(-c5cncn5C)ccc4cn3)ccn2)CC1. The lowest BCUT2D eigenvalue weighted by molar-refractivity contribution is 0.0810. The number of amides is 1. The first-order chi connectivity index (χ1) is 17.0. The molecule has 1 aliphatic rings. The number of pyridine rings is 2. The van der Waals surface area contributed by atoms with E-state index in [1.54, 1.807) is 30.9 Å². The Morgan fingerprint density at radius 3 is 2.63 bits per heavy atom. The third-order valence-electron chi connectivity index (χ3n) is 6.57. The number of carbonyl (C=O) groups is 1. The fraction of sp³-hybridized carbons (Fsp3) is 0.333. The number of benzene rings is 1. The van der Waals surface area contributed by atoms with Crippen LogP contribution in [0.5, 0.6) is 5.88 Å². The third-order valence-corrected chi connectivity index (χ3v) is 6.57. The highest BCUT2D eigenvalue weighted by atomic mass is 16.5. The molecular formula is C27H30N6O2. The summed E-state index contributed by atoms with van der Waals surface area (Å²) in [5, 5.41) is 4.89. The topological polar surface area (TPSA) is 85.2 Å². The van der Waals surface area contributed by atoms with E-state index in [4.69, 9.17) is 4.74 Å². The summed E-state index contributed by atoms with van der Waals surface area (Å²) >= 11 is 0. The average Bonchev–Trinajstić information content (AvgIpc) is 3.30. The predicted octanol–water partition coefficient (Wildman–Crippen LogP) is 4.53. The molecule has 0 saturated carbocycles. The first-order valence-electron chi connectivity index (χ1n) is 12.0. The number of carbonyl (C=O) groups excluding carboxylic acids is 1. The van der Waals surface area contributed by atoms with Crippen LogP contribution < -0.4 is 10.1 Å². The first kappa shape index (κ1) is 23.0. The fourth-order valence-electron chi connectivity index (χ4n) is 4.49. The van der Waals surface area contributed by atoms with Crippen molar-refractivity contribution in [2.45, 2.75) is 38.8 Å². The molecule has 5 rings (SSSR count). The smallest absolute Gasteiger partial charge is 0.257 e. The van der Waals surface area contributed by atoms with Gasteiger partial charge in [0.15, 0.2) is 0 Å². The van der Waals surface area contributed by atoms with Crippen molar-refractivity contribution < 1.29 is 9.53 Å². The Kier molecular flexibility index (Phi) is 6.46. The van der Waals surface area contributed by atoms with Crippen LogP contribution in [0.15, 0.2) is 61.3 Å². The molecule has 1 saturated heterocycles. The Labute approximate surface area is 205 Å². The van der Waals surface area contributed by atoms with E-state index in [1.807, 2.05) is 36.0 Å². The van der Waals surface area contributed by atoms with Crippen LogP contribution in [0.4, 0.5) is 5.82 Å². The lowest BCUT2D eigenvalue weighted by atomic mass is 10.1. The number of imidazole rings is 1. The van der Waals surface area contributed by atoms with Crippen LogP contribution in [-0.2, 0) is 7.05 Å². The molecule has 1 N–H and O–H groups in total. The van der Waals surface area contributed by atoms with Crippen LogP contribution in [-0.4, -0.2) is 55.6 Å². The molecule has 0 bridgehead atoms. The van der Waals surface area contributed by atoms with Gasteiger partial charge in [-0.2, -0.15) is 0 Å². The maximum atomic E-state index is 13.0. The summed E-state index contributed by atoms with van der Waals surface area (Å²) < 4.78 is 8.07. The molecule has 4 heterocycles. The van der Waals surface area contributed by atoms with Gasteiger partial charge in [-0.1, -0.05) is 12.1 Å². The van der Waals surface area contributed by atoms with Gasteiger partial charge in [0.1, 0.15) is 11.9 Å². The van der Waals surface area contributed by atoms with Crippen molar-refractivity contribution in [1.82, 2.24) is 24.4 Å². The summed E-state index contributed by atoms with van der Waals surface area (Å²) in [7, 11) is 1.96. The highest BCUT2D eigenvalue weighted by Crippen LogP contribution is 2.25. The molecule has 8 heteroatoms. The highest BCUT2D eigenvalue weighted by molar-refractivity contribution is 6.04. The number of aryl methyl sites for hydroxylation is 1. The Bertz CT molecular complexity index is 1340. The number of hydrogen-bond acceptors (Lipinski definition) is 6. The predicted molar refractivity (Wildman–Crippen MR) is 136 cm³/mol. The summed E-state index contributed by atoms with van der Waals surface area (Å²) in [6.07, 6.45) is 9.02. The second-order valence-electron chi connectivity index (χ2n) is 9.31. The van der Waals surface area contributed by atoms with Crippen LogP contribution in [0.25, 0.3) is 22.0 Å². The van der Waals surface area contributed by atoms with E-state index in [1.165, 1.54) is 0 Å². The van der Waals surface area contributed by atoms with Crippen LogP contribution in [0.1, 0.15) is 37.0 Å². The Morgan fingerprint density at radius 2 is 1.89 bits per heavy atom. The molecule has 4 aromatic rings. The zero-order valence-corrected chi connectivity index (χ0v) is 20.3. The van der Waals surface area contributed by atoms with Crippen molar-refractivity contribution in [3.63, 3.8) is 0 Å². The van der Waals surface area contributed by atoms with Gasteiger partial charge in [0.05, 0.1) is 18.2 Å². The van der Waals surface area contributed by atoms with Gasteiger partial charge in [-0.3, -0.25) is 4.79 Å². The van der Waals surface area contributed by atoms with E-state index in [9.17, 15) is 4.79 Å². The highest BCUT2D eigenvalue weighted by Gasteiger charge is 2.22. The van der Waals surface area contributed by atoms with Gasteiger partial charge in [-0.05, 0) is 50.3 Å². The van der Waals surface area contributed by atoms with Crippen molar-refractivity contribution >= 4 is 22.5 Å². The lowest BCUT2D eigenvalue weighted by Gasteiger charge is -2.34. The lowest BCUT2D eigenvalue weighted by Crippen LogP contribution is -2.41.